The molecule has 0 aliphatic heterocycles. The van der Waals surface area contributed by atoms with Gasteiger partial charge < -0.3 is 15.2 Å². The molecule has 2 rings (SSSR count). The molecule has 7 nitrogen and oxygen atoms in total. The van der Waals surface area contributed by atoms with Crippen molar-refractivity contribution < 1.29 is 19.4 Å². The molecule has 1 aromatic carbocycles. The minimum absolute atomic E-state index is 0.0861. The van der Waals surface area contributed by atoms with Gasteiger partial charge >= 0.3 is 5.97 Å². The number of rotatable bonds is 7. The number of aryl methyl sites for hydroxylation is 2. The van der Waals surface area contributed by atoms with Crippen LogP contribution in [0.4, 0.5) is 5.69 Å². The number of benzene rings is 1. The summed E-state index contributed by atoms with van der Waals surface area (Å²) in [5.74, 6) is -0.856. The number of hydrogen-bond acceptors (Lipinski definition) is 4. The summed E-state index contributed by atoms with van der Waals surface area (Å²) in [5, 5.41) is 16.3. The molecule has 1 aromatic heterocycles. The molecule has 0 aliphatic carbocycles. The topological polar surface area (TPSA) is 93.5 Å². The van der Waals surface area contributed by atoms with Gasteiger partial charge in [-0.25, -0.2) is 4.79 Å². The van der Waals surface area contributed by atoms with E-state index in [2.05, 4.69) is 10.4 Å². The Balaban J connectivity index is 2.17. The first kappa shape index (κ1) is 19.5. The fourth-order valence-corrected chi connectivity index (χ4v) is 2.77. The molecule has 0 bridgehead atoms. The van der Waals surface area contributed by atoms with E-state index in [1.807, 2.05) is 45.4 Å². The predicted molar refractivity (Wildman–Crippen MR) is 98.8 cm³/mol. The van der Waals surface area contributed by atoms with Gasteiger partial charge in [-0.1, -0.05) is 0 Å². The first-order valence-electron chi connectivity index (χ1n) is 8.54. The maximum Gasteiger partial charge on any atom is 0.335 e. The van der Waals surface area contributed by atoms with Gasteiger partial charge in [-0.15, -0.1) is 0 Å². The number of ether oxygens (including phenoxy) is 1. The first-order valence-corrected chi connectivity index (χ1v) is 8.54. The molecule has 0 radical (unpaired) electrons. The second-order valence-corrected chi connectivity index (χ2v) is 6.66. The second-order valence-electron chi connectivity index (χ2n) is 6.66. The molecular weight excluding hydrogens is 334 g/mol. The molecule has 1 amide bonds. The molecule has 2 aromatic rings. The van der Waals surface area contributed by atoms with Gasteiger partial charge in [0.2, 0.25) is 5.91 Å². The number of amides is 1. The predicted octanol–water partition coefficient (Wildman–Crippen LogP) is 3.58. The number of carbonyl (C=O) groups is 2. The van der Waals surface area contributed by atoms with Crippen LogP contribution in [0.1, 0.15) is 55.0 Å². The summed E-state index contributed by atoms with van der Waals surface area (Å²) < 4.78 is 7.48. The maximum absolute atomic E-state index is 12.5. The van der Waals surface area contributed by atoms with E-state index in [9.17, 15) is 14.7 Å². The largest absolute Gasteiger partial charge is 0.489 e. The lowest BCUT2D eigenvalue weighted by Crippen LogP contribution is -2.20. The smallest absolute Gasteiger partial charge is 0.335 e. The second kappa shape index (κ2) is 8.03. The van der Waals surface area contributed by atoms with Crippen molar-refractivity contribution in [1.82, 2.24) is 9.78 Å². The number of hydrogen-bond donors (Lipinski definition) is 2. The molecule has 1 atom stereocenters. The van der Waals surface area contributed by atoms with E-state index in [1.54, 1.807) is 6.07 Å². The number of carboxylic acids is 1. The summed E-state index contributed by atoms with van der Waals surface area (Å²) in [6, 6.07) is 6.25. The fraction of sp³-hybridized carbons (Fsp3) is 0.421. The van der Waals surface area contributed by atoms with E-state index >= 15 is 0 Å². The zero-order valence-electron chi connectivity index (χ0n) is 15.7. The normalized spacial score (nSPS) is 12.1. The molecule has 0 fully saturated rings. The third kappa shape index (κ3) is 4.84. The van der Waals surface area contributed by atoms with Crippen LogP contribution >= 0.6 is 0 Å². The van der Waals surface area contributed by atoms with Crippen LogP contribution in [0.15, 0.2) is 24.3 Å². The highest BCUT2D eigenvalue weighted by Crippen LogP contribution is 2.28. The van der Waals surface area contributed by atoms with Crippen molar-refractivity contribution in [3.8, 4) is 5.75 Å². The molecule has 26 heavy (non-hydrogen) atoms. The van der Waals surface area contributed by atoms with E-state index in [4.69, 9.17) is 4.74 Å². The number of aromatic nitrogens is 2. The number of nitrogens with one attached hydrogen (secondary N) is 1. The van der Waals surface area contributed by atoms with Gasteiger partial charge in [-0.05, 0) is 58.9 Å². The monoisotopic (exact) mass is 359 g/mol. The lowest BCUT2D eigenvalue weighted by molar-refractivity contribution is -0.116. The summed E-state index contributed by atoms with van der Waals surface area (Å²) in [6.45, 7) is 9.49. The third-order valence-corrected chi connectivity index (χ3v) is 3.81. The van der Waals surface area contributed by atoms with Gasteiger partial charge in [-0.2, -0.15) is 5.10 Å². The molecule has 140 valence electrons. The van der Waals surface area contributed by atoms with Gasteiger partial charge in [-0.3, -0.25) is 9.48 Å². The number of carboxylic acid groups (broad SMARTS) is 1. The lowest BCUT2D eigenvalue weighted by atomic mass is 10.1. The molecule has 7 heteroatoms. The minimum atomic E-state index is -1.06. The summed E-state index contributed by atoms with van der Waals surface area (Å²) in [7, 11) is 0. The molecule has 0 aliphatic rings. The van der Waals surface area contributed by atoms with Crippen molar-refractivity contribution >= 4 is 17.6 Å². The fourth-order valence-electron chi connectivity index (χ4n) is 2.77. The van der Waals surface area contributed by atoms with Crippen LogP contribution in [-0.2, 0) is 4.79 Å². The lowest BCUT2D eigenvalue weighted by Gasteiger charge is -2.17. The number of nitrogens with zero attached hydrogens (tertiary/aromatic N) is 2. The maximum atomic E-state index is 12.5. The average Bonchev–Trinajstić information content (AvgIpc) is 2.87. The zero-order valence-corrected chi connectivity index (χ0v) is 15.7. The van der Waals surface area contributed by atoms with E-state index in [1.165, 1.54) is 12.1 Å². The summed E-state index contributed by atoms with van der Waals surface area (Å²) in [4.78, 5) is 23.7. The highest BCUT2D eigenvalue weighted by atomic mass is 16.5. The van der Waals surface area contributed by atoms with Gasteiger partial charge in [0.1, 0.15) is 5.75 Å². The van der Waals surface area contributed by atoms with Crippen LogP contribution < -0.4 is 10.1 Å². The average molecular weight is 359 g/mol. The SMILES string of the molecule is Cc1cc(C)n(C(C)CC(=O)Nc2cc(C(=O)O)ccc2OC(C)C)n1. The van der Waals surface area contributed by atoms with E-state index in [-0.39, 0.29) is 30.0 Å². The van der Waals surface area contributed by atoms with Crippen molar-refractivity contribution in [1.29, 1.82) is 0 Å². The van der Waals surface area contributed by atoms with Gasteiger partial charge in [0.05, 0.1) is 29.1 Å². The Bertz CT molecular complexity index is 811. The van der Waals surface area contributed by atoms with Gasteiger partial charge in [0.15, 0.2) is 0 Å². The molecule has 1 heterocycles. The Hall–Kier alpha value is -2.83. The van der Waals surface area contributed by atoms with E-state index in [0.29, 0.717) is 11.4 Å². The van der Waals surface area contributed by atoms with Crippen molar-refractivity contribution in [2.45, 2.75) is 53.2 Å². The van der Waals surface area contributed by atoms with Crippen LogP contribution in [0, 0.1) is 13.8 Å². The molecule has 1 unspecified atom stereocenters. The summed E-state index contributed by atoms with van der Waals surface area (Å²) in [6.07, 6.45) is 0.107. The van der Waals surface area contributed by atoms with Crippen LogP contribution in [0.3, 0.4) is 0 Å². The Morgan fingerprint density at radius 1 is 1.23 bits per heavy atom. The van der Waals surface area contributed by atoms with Gasteiger partial charge in [0, 0.05) is 12.1 Å². The van der Waals surface area contributed by atoms with Crippen LogP contribution in [0.25, 0.3) is 0 Å². The van der Waals surface area contributed by atoms with Crippen molar-refractivity contribution in [2.75, 3.05) is 5.32 Å². The van der Waals surface area contributed by atoms with Crippen molar-refractivity contribution in [3.05, 3.63) is 41.2 Å². The zero-order chi connectivity index (χ0) is 19.4. The van der Waals surface area contributed by atoms with E-state index < -0.39 is 5.97 Å². The Kier molecular flexibility index (Phi) is 6.02. The summed E-state index contributed by atoms with van der Waals surface area (Å²) >= 11 is 0. The quantitative estimate of drug-likeness (QED) is 0.788. The van der Waals surface area contributed by atoms with Crippen molar-refractivity contribution in [3.63, 3.8) is 0 Å². The number of anilines is 1. The van der Waals surface area contributed by atoms with Gasteiger partial charge in [0.25, 0.3) is 0 Å². The van der Waals surface area contributed by atoms with Crippen LogP contribution in [0.5, 0.6) is 5.75 Å². The van der Waals surface area contributed by atoms with Crippen LogP contribution in [0.2, 0.25) is 0 Å². The third-order valence-electron chi connectivity index (χ3n) is 3.81. The number of carbonyl (C=O) groups excluding carboxylic acids is 1. The molecule has 2 N–H and O–H groups in total. The molecule has 0 saturated heterocycles. The van der Waals surface area contributed by atoms with Crippen molar-refractivity contribution in [2.24, 2.45) is 0 Å². The molecule has 0 saturated carbocycles. The number of aromatic carboxylic acids is 1. The first-order chi connectivity index (χ1) is 12.2. The molecular formula is C19H25N3O4. The minimum Gasteiger partial charge on any atom is -0.489 e. The highest BCUT2D eigenvalue weighted by molar-refractivity contribution is 5.95. The van der Waals surface area contributed by atoms with Crippen LogP contribution in [-0.4, -0.2) is 32.9 Å². The Morgan fingerprint density at radius 3 is 2.46 bits per heavy atom. The Labute approximate surface area is 153 Å². The highest BCUT2D eigenvalue weighted by Gasteiger charge is 2.17. The Morgan fingerprint density at radius 2 is 1.92 bits per heavy atom. The molecule has 0 spiro atoms. The summed E-state index contributed by atoms with van der Waals surface area (Å²) in [5.41, 5.74) is 2.32. The standard InChI is InChI=1S/C19H25N3O4/c1-11(2)26-17-7-6-15(19(24)25)10-16(17)20-18(23)9-14(5)22-13(4)8-12(3)21-22/h6-8,10-11,14H,9H2,1-5H3,(H,20,23)(H,24,25). The van der Waals surface area contributed by atoms with E-state index in [0.717, 1.165) is 11.4 Å².